The Balaban J connectivity index is 0.00000150. The van der Waals surface area contributed by atoms with Crippen LogP contribution in [0.5, 0.6) is 0 Å². The summed E-state index contributed by atoms with van der Waals surface area (Å²) in [4.78, 5) is 0. The van der Waals surface area contributed by atoms with Gasteiger partial charge in [-0.25, -0.2) is 0 Å². The predicted octanol–water partition coefficient (Wildman–Crippen LogP) is 1.18. The molecule has 0 aliphatic rings. The van der Waals surface area contributed by atoms with E-state index in [2.05, 4.69) is 108 Å². The van der Waals surface area contributed by atoms with Crippen molar-refractivity contribution >= 4 is 71.9 Å². The molecular weight excluding hydrogens is 638 g/mol. The molecule has 30 heavy (non-hydrogen) atoms. The van der Waals surface area contributed by atoms with E-state index in [4.69, 9.17) is 0 Å². The molecule has 0 amide bonds. The van der Waals surface area contributed by atoms with Crippen LogP contribution in [0.15, 0.2) is 57.5 Å². The Morgan fingerprint density at radius 2 is 1.10 bits per heavy atom. The van der Waals surface area contributed by atoms with Gasteiger partial charge in [0.1, 0.15) is 0 Å². The van der Waals surface area contributed by atoms with E-state index in [0.717, 1.165) is 0 Å². The summed E-state index contributed by atoms with van der Waals surface area (Å²) in [7, 11) is -1.93. The molecule has 4 rings (SSSR count). The van der Waals surface area contributed by atoms with Crippen LogP contribution < -0.4 is 35.2 Å². The molecular formula is C24H24Br2Cl2SiZr. The van der Waals surface area contributed by atoms with Crippen LogP contribution in [0.4, 0.5) is 0 Å². The number of aryl methyl sites for hydroxylation is 2. The van der Waals surface area contributed by atoms with Crippen molar-refractivity contribution in [3.63, 3.8) is 0 Å². The molecule has 0 saturated heterocycles. The van der Waals surface area contributed by atoms with Crippen molar-refractivity contribution in [2.24, 2.45) is 0 Å². The summed E-state index contributed by atoms with van der Waals surface area (Å²) < 4.78 is 2.46. The summed E-state index contributed by atoms with van der Waals surface area (Å²) in [5.74, 6) is 0. The number of rotatable bonds is 4. The number of fused-ring (bicyclic) bond motifs is 2. The fourth-order valence-electron chi connectivity index (χ4n) is 5.17. The van der Waals surface area contributed by atoms with Crippen LogP contribution in [-0.4, -0.2) is 8.07 Å². The van der Waals surface area contributed by atoms with Crippen molar-refractivity contribution in [2.75, 3.05) is 0 Å². The van der Waals surface area contributed by atoms with E-state index in [1.165, 1.54) is 53.7 Å². The number of benzene rings is 2. The maximum atomic E-state index is 3.87. The Labute approximate surface area is 229 Å². The maximum absolute atomic E-state index is 3.87. The summed E-state index contributed by atoms with van der Waals surface area (Å²) in [5, 5.41) is 8.85. The molecule has 0 bridgehead atoms. The third-order valence-electron chi connectivity index (χ3n) is 6.29. The van der Waals surface area contributed by atoms with E-state index in [9.17, 15) is 0 Å². The van der Waals surface area contributed by atoms with E-state index < -0.39 is 8.07 Å². The van der Waals surface area contributed by atoms with Crippen molar-refractivity contribution in [3.05, 3.63) is 68.6 Å². The van der Waals surface area contributed by atoms with Crippen LogP contribution in [0, 0.1) is 13.8 Å². The van der Waals surface area contributed by atoms with Gasteiger partial charge in [-0.2, -0.15) is 10.4 Å². The van der Waals surface area contributed by atoms with Crippen LogP contribution >= 0.6 is 31.9 Å². The van der Waals surface area contributed by atoms with Crippen molar-refractivity contribution in [1.29, 1.82) is 0 Å². The minimum absolute atomic E-state index is 0. The van der Waals surface area contributed by atoms with Crippen LogP contribution in [0.1, 0.15) is 25.0 Å². The topological polar surface area (TPSA) is 0 Å². The molecule has 0 aliphatic heterocycles. The van der Waals surface area contributed by atoms with Gasteiger partial charge in [0.2, 0.25) is 0 Å². The molecule has 0 atom stereocenters. The predicted molar refractivity (Wildman–Crippen MR) is 130 cm³/mol. The molecule has 156 valence electrons. The first-order valence-electron chi connectivity index (χ1n) is 9.64. The fraction of sp³-hybridized carbons (Fsp3) is 0.250. The fourth-order valence-corrected chi connectivity index (χ4v) is 12.0. The third kappa shape index (κ3) is 4.27. The van der Waals surface area contributed by atoms with Gasteiger partial charge in [-0.1, -0.05) is 83.8 Å². The first kappa shape index (κ1) is 28.3. The Hall–Kier alpha value is 0.300. The molecule has 0 heterocycles. The van der Waals surface area contributed by atoms with Crippen LogP contribution in [0.2, 0.25) is 12.1 Å². The first-order valence-corrected chi connectivity index (χ1v) is 13.6. The SMILES string of the molecule is CC[Si](CC)(c1c(C)[cH-]c2cccc(Br)c12)c1c(C)[cH-]c2cccc(Br)c12.[Cl-].[Cl-].[Zr+4]. The molecule has 4 aromatic rings. The molecule has 0 aromatic heterocycles. The molecule has 0 unspecified atom stereocenters. The average Bonchev–Trinajstić information content (AvgIpc) is 3.16. The van der Waals surface area contributed by atoms with Gasteiger partial charge in [0.05, 0.1) is 0 Å². The average molecular weight is 662 g/mol. The molecule has 0 saturated carbocycles. The summed E-state index contributed by atoms with van der Waals surface area (Å²) >= 11 is 7.74. The number of hydrogen-bond acceptors (Lipinski definition) is 0. The smallest absolute Gasteiger partial charge is 1.00 e. The zero-order valence-corrected chi connectivity index (χ0v) is 25.7. The van der Waals surface area contributed by atoms with E-state index in [-0.39, 0.29) is 51.0 Å². The number of halogens is 4. The second kappa shape index (κ2) is 10.9. The monoisotopic (exact) mass is 658 g/mol. The summed E-state index contributed by atoms with van der Waals surface area (Å²) in [5.41, 5.74) is 2.90. The van der Waals surface area contributed by atoms with Crippen molar-refractivity contribution in [2.45, 2.75) is 39.8 Å². The molecule has 0 radical (unpaired) electrons. The van der Waals surface area contributed by atoms with E-state index >= 15 is 0 Å². The van der Waals surface area contributed by atoms with Crippen molar-refractivity contribution < 1.29 is 51.0 Å². The normalized spacial score (nSPS) is 11.1. The van der Waals surface area contributed by atoms with Gasteiger partial charge >= 0.3 is 26.2 Å². The van der Waals surface area contributed by atoms with Crippen LogP contribution in [-0.2, 0) is 26.2 Å². The molecule has 0 spiro atoms. The van der Waals surface area contributed by atoms with Crippen LogP contribution in [0.3, 0.4) is 0 Å². The first-order chi connectivity index (χ1) is 12.9. The Kier molecular flexibility index (Phi) is 10.3. The molecule has 0 fully saturated rings. The standard InChI is InChI=1S/C24H24Br2Si.2ClH.Zr/c1-5-27(6-2,23-15(3)13-17-9-7-11-19(25)21(17)23)24-16(4)14-18-10-8-12-20(26)22(18)24;;;/h7-14H,5-6H2,1-4H3;2*1H;/q-2;;;+4/p-2. The van der Waals surface area contributed by atoms with Gasteiger partial charge in [-0.05, 0) is 8.95 Å². The van der Waals surface area contributed by atoms with E-state index in [1.807, 2.05) is 0 Å². The van der Waals surface area contributed by atoms with E-state index in [0.29, 0.717) is 0 Å². The zero-order chi connectivity index (χ0) is 19.3. The van der Waals surface area contributed by atoms with Gasteiger partial charge in [0, 0.05) is 8.07 Å². The largest absolute Gasteiger partial charge is 4.00 e. The minimum Gasteiger partial charge on any atom is -1.00 e. The maximum Gasteiger partial charge on any atom is 4.00 e. The Morgan fingerprint density at radius 3 is 1.43 bits per heavy atom. The molecule has 0 nitrogen and oxygen atoms in total. The van der Waals surface area contributed by atoms with Gasteiger partial charge in [0.25, 0.3) is 0 Å². The van der Waals surface area contributed by atoms with Crippen molar-refractivity contribution in [1.82, 2.24) is 0 Å². The van der Waals surface area contributed by atoms with Crippen molar-refractivity contribution in [3.8, 4) is 0 Å². The summed E-state index contributed by atoms with van der Waals surface area (Å²) in [6.07, 6.45) is 0. The third-order valence-corrected chi connectivity index (χ3v) is 13.2. The van der Waals surface area contributed by atoms with Gasteiger partial charge in [-0.15, -0.1) is 69.1 Å². The summed E-state index contributed by atoms with van der Waals surface area (Å²) in [6.45, 7) is 9.43. The molecule has 4 aromatic carbocycles. The number of hydrogen-bond donors (Lipinski definition) is 0. The quantitative estimate of drug-likeness (QED) is 0.228. The second-order valence-corrected chi connectivity index (χ2v) is 13.9. The second-order valence-electron chi connectivity index (χ2n) is 7.60. The molecule has 6 heteroatoms. The molecule has 0 aliphatic carbocycles. The van der Waals surface area contributed by atoms with Gasteiger partial charge < -0.3 is 24.8 Å². The molecule has 0 N–H and O–H groups in total. The minimum atomic E-state index is -1.93. The zero-order valence-electron chi connectivity index (χ0n) is 17.5. The van der Waals surface area contributed by atoms with E-state index in [1.54, 1.807) is 10.4 Å². The van der Waals surface area contributed by atoms with Gasteiger partial charge in [-0.3, -0.25) is 0 Å². The Bertz CT molecular complexity index is 1070. The summed E-state index contributed by atoms with van der Waals surface area (Å²) in [6, 6.07) is 20.4. The van der Waals surface area contributed by atoms with Crippen LogP contribution in [0.25, 0.3) is 21.5 Å². The van der Waals surface area contributed by atoms with Gasteiger partial charge in [0.15, 0.2) is 0 Å². The Morgan fingerprint density at radius 1 is 0.733 bits per heavy atom.